The van der Waals surface area contributed by atoms with Gasteiger partial charge in [-0.25, -0.2) is 13.1 Å². The van der Waals surface area contributed by atoms with Crippen LogP contribution in [0, 0.1) is 6.92 Å². The summed E-state index contributed by atoms with van der Waals surface area (Å²) in [5.74, 6) is 0. The van der Waals surface area contributed by atoms with Crippen LogP contribution in [-0.4, -0.2) is 56.7 Å². The van der Waals surface area contributed by atoms with Gasteiger partial charge in [-0.2, -0.15) is 5.10 Å². The van der Waals surface area contributed by atoms with Crippen LogP contribution in [0.1, 0.15) is 25.2 Å². The van der Waals surface area contributed by atoms with E-state index in [-0.39, 0.29) is 10.4 Å². The number of H-pyrrole nitrogens is 1. The average Bonchev–Trinajstić information content (AvgIpc) is 2.69. The molecule has 0 bridgehead atoms. The van der Waals surface area contributed by atoms with Crippen molar-refractivity contribution in [1.82, 2.24) is 25.1 Å². The van der Waals surface area contributed by atoms with Gasteiger partial charge in [0.05, 0.1) is 11.4 Å². The summed E-state index contributed by atoms with van der Waals surface area (Å²) in [6.45, 7) is 6.39. The fourth-order valence-electron chi connectivity index (χ4n) is 1.62. The minimum atomic E-state index is -3.58. The van der Waals surface area contributed by atoms with Crippen molar-refractivity contribution in [2.24, 2.45) is 0 Å². The van der Waals surface area contributed by atoms with Gasteiger partial charge in [0.2, 0.25) is 10.0 Å². The van der Waals surface area contributed by atoms with Crippen LogP contribution in [-0.2, 0) is 16.6 Å². The monoisotopic (exact) mass is 303 g/mol. The summed E-state index contributed by atoms with van der Waals surface area (Å²) >= 11 is 0. The van der Waals surface area contributed by atoms with Gasteiger partial charge in [-0.15, -0.1) is 0 Å². The van der Waals surface area contributed by atoms with Gasteiger partial charge in [0.1, 0.15) is 4.90 Å². The number of aromatic amines is 1. The molecule has 7 nitrogen and oxygen atoms in total. The second-order valence-electron chi connectivity index (χ2n) is 5.69. The number of sulfonamides is 1. The molecule has 0 fully saturated rings. The van der Waals surface area contributed by atoms with E-state index >= 15 is 0 Å². The molecule has 0 unspecified atom stereocenters. The lowest BCUT2D eigenvalue weighted by molar-refractivity contribution is 0.199. The van der Waals surface area contributed by atoms with Crippen molar-refractivity contribution in [3.05, 3.63) is 11.4 Å². The van der Waals surface area contributed by atoms with Crippen molar-refractivity contribution < 1.29 is 8.42 Å². The molecule has 0 aliphatic heterocycles. The molecule has 1 aromatic rings. The fraction of sp³-hybridized carbons (Fsp3) is 0.750. The highest BCUT2D eigenvalue weighted by Gasteiger charge is 2.28. The second kappa shape index (κ2) is 6.21. The first-order valence-corrected chi connectivity index (χ1v) is 7.95. The van der Waals surface area contributed by atoms with Gasteiger partial charge in [-0.3, -0.25) is 5.10 Å². The molecule has 0 aliphatic rings. The van der Waals surface area contributed by atoms with E-state index in [1.807, 2.05) is 32.8 Å². The van der Waals surface area contributed by atoms with E-state index in [1.54, 1.807) is 14.0 Å². The van der Waals surface area contributed by atoms with Crippen molar-refractivity contribution in [1.29, 1.82) is 0 Å². The van der Waals surface area contributed by atoms with E-state index in [2.05, 4.69) is 20.2 Å². The molecule has 0 aliphatic carbocycles. The van der Waals surface area contributed by atoms with Crippen LogP contribution in [0.2, 0.25) is 0 Å². The Balaban J connectivity index is 2.98. The van der Waals surface area contributed by atoms with Crippen LogP contribution in [0.4, 0.5) is 0 Å². The molecule has 0 radical (unpaired) electrons. The molecule has 1 rings (SSSR count). The first-order valence-electron chi connectivity index (χ1n) is 6.47. The van der Waals surface area contributed by atoms with E-state index < -0.39 is 10.0 Å². The summed E-state index contributed by atoms with van der Waals surface area (Å²) in [6.07, 6.45) is 0. The summed E-state index contributed by atoms with van der Waals surface area (Å²) < 4.78 is 27.6. The smallest absolute Gasteiger partial charge is 0.244 e. The predicted octanol–water partition coefficient (Wildman–Crippen LogP) is 0.0560. The van der Waals surface area contributed by atoms with Crippen molar-refractivity contribution in [3.63, 3.8) is 0 Å². The molecular formula is C12H25N5O2S. The van der Waals surface area contributed by atoms with E-state index in [0.29, 0.717) is 24.5 Å². The van der Waals surface area contributed by atoms with E-state index in [9.17, 15) is 8.42 Å². The summed E-state index contributed by atoms with van der Waals surface area (Å²) in [6, 6.07) is 0. The molecule has 0 atom stereocenters. The van der Waals surface area contributed by atoms with Crippen LogP contribution in [0.25, 0.3) is 0 Å². The number of hydrogen-bond donors (Lipinski definition) is 3. The zero-order valence-corrected chi connectivity index (χ0v) is 13.8. The summed E-state index contributed by atoms with van der Waals surface area (Å²) in [5.41, 5.74) is 0.777. The zero-order chi connectivity index (χ0) is 15.6. The van der Waals surface area contributed by atoms with Crippen LogP contribution >= 0.6 is 0 Å². The number of hydrogen-bond acceptors (Lipinski definition) is 5. The Morgan fingerprint density at radius 1 is 1.35 bits per heavy atom. The van der Waals surface area contributed by atoms with Gasteiger partial charge in [0.15, 0.2) is 0 Å². The van der Waals surface area contributed by atoms with Crippen LogP contribution in [0.3, 0.4) is 0 Å². The lowest BCUT2D eigenvalue weighted by atomic mass is 10.1. The standard InChI is InChI=1S/C12H25N5O2S/c1-9-11(10(7-13-4)16-15-9)20(18,19)14-8-12(2,3)17(5)6/h13-14H,7-8H2,1-6H3,(H,15,16). The largest absolute Gasteiger partial charge is 0.314 e. The van der Waals surface area contributed by atoms with E-state index in [0.717, 1.165) is 0 Å². The first kappa shape index (κ1) is 17.1. The Kier molecular flexibility index (Phi) is 5.31. The summed E-state index contributed by atoms with van der Waals surface area (Å²) in [4.78, 5) is 2.22. The Hall–Kier alpha value is -0.960. The highest BCUT2D eigenvalue weighted by molar-refractivity contribution is 7.89. The molecule has 1 heterocycles. The topological polar surface area (TPSA) is 90.1 Å². The number of likely N-dealkylation sites (N-methyl/N-ethyl adjacent to an activating group) is 1. The van der Waals surface area contributed by atoms with Crippen molar-refractivity contribution in [3.8, 4) is 0 Å². The van der Waals surface area contributed by atoms with Gasteiger partial charge in [0, 0.05) is 18.6 Å². The molecule has 0 aromatic carbocycles. The summed E-state index contributed by atoms with van der Waals surface area (Å²) in [5, 5.41) is 9.68. The molecule has 3 N–H and O–H groups in total. The lowest BCUT2D eigenvalue weighted by Gasteiger charge is -2.32. The molecule has 0 amide bonds. The Bertz CT molecular complexity index is 548. The molecule has 8 heteroatoms. The van der Waals surface area contributed by atoms with E-state index in [1.165, 1.54) is 0 Å². The van der Waals surface area contributed by atoms with Crippen LogP contribution < -0.4 is 10.0 Å². The number of aryl methyl sites for hydroxylation is 1. The van der Waals surface area contributed by atoms with Crippen LogP contribution in [0.15, 0.2) is 4.90 Å². The molecule has 0 spiro atoms. The average molecular weight is 303 g/mol. The van der Waals surface area contributed by atoms with Crippen LogP contribution in [0.5, 0.6) is 0 Å². The minimum Gasteiger partial charge on any atom is -0.314 e. The molecule has 0 saturated carbocycles. The number of nitrogens with zero attached hydrogens (tertiary/aromatic N) is 2. The quantitative estimate of drug-likeness (QED) is 0.662. The van der Waals surface area contributed by atoms with Crippen molar-refractivity contribution in [2.75, 3.05) is 27.7 Å². The first-order chi connectivity index (χ1) is 9.12. The maximum atomic E-state index is 12.5. The lowest BCUT2D eigenvalue weighted by Crippen LogP contribution is -2.48. The second-order valence-corrected chi connectivity index (χ2v) is 7.39. The predicted molar refractivity (Wildman–Crippen MR) is 79.0 cm³/mol. The summed E-state index contributed by atoms with van der Waals surface area (Å²) in [7, 11) is 2.02. The third kappa shape index (κ3) is 3.78. The Morgan fingerprint density at radius 2 is 1.95 bits per heavy atom. The Labute approximate surface area is 121 Å². The van der Waals surface area contributed by atoms with Crippen molar-refractivity contribution in [2.45, 2.75) is 37.8 Å². The van der Waals surface area contributed by atoms with Gasteiger partial charge in [0.25, 0.3) is 0 Å². The third-order valence-corrected chi connectivity index (χ3v) is 5.08. The maximum absolute atomic E-state index is 12.5. The zero-order valence-electron chi connectivity index (χ0n) is 13.0. The third-order valence-electron chi connectivity index (χ3n) is 3.48. The maximum Gasteiger partial charge on any atom is 0.244 e. The molecule has 0 saturated heterocycles. The number of aromatic nitrogens is 2. The molecule has 20 heavy (non-hydrogen) atoms. The van der Waals surface area contributed by atoms with Gasteiger partial charge in [-0.05, 0) is 41.9 Å². The van der Waals surface area contributed by atoms with Gasteiger partial charge >= 0.3 is 0 Å². The highest BCUT2D eigenvalue weighted by Crippen LogP contribution is 2.18. The highest BCUT2D eigenvalue weighted by atomic mass is 32.2. The Morgan fingerprint density at radius 3 is 2.45 bits per heavy atom. The minimum absolute atomic E-state index is 0.237. The van der Waals surface area contributed by atoms with Crippen molar-refractivity contribution >= 4 is 10.0 Å². The van der Waals surface area contributed by atoms with Gasteiger partial charge in [-0.1, -0.05) is 0 Å². The molecular weight excluding hydrogens is 278 g/mol. The number of nitrogens with one attached hydrogen (secondary N) is 3. The molecule has 116 valence electrons. The number of rotatable bonds is 7. The molecule has 1 aromatic heterocycles. The normalized spacial score (nSPS) is 13.2. The van der Waals surface area contributed by atoms with Gasteiger partial charge < -0.3 is 10.2 Å². The fourth-order valence-corrected chi connectivity index (χ4v) is 3.18. The van der Waals surface area contributed by atoms with E-state index in [4.69, 9.17) is 0 Å². The SMILES string of the molecule is CNCc1n[nH]c(C)c1S(=O)(=O)NCC(C)(C)N(C)C.